The number of carboxylic acid groups (broad SMARTS) is 1. The molecule has 0 aliphatic heterocycles. The SMILES string of the molecule is CCC(C)C[C@@H](CCC(=O)O)NC(=O)c1ccc2c(c1)nc(Cc1cccs1)n2C(CC)CC. The maximum absolute atomic E-state index is 13.1. The fourth-order valence-corrected chi connectivity index (χ4v) is 5.21. The van der Waals surface area contributed by atoms with E-state index in [1.165, 1.54) is 4.88 Å². The van der Waals surface area contributed by atoms with Gasteiger partial charge in [0, 0.05) is 35.4 Å². The molecule has 6 nitrogen and oxygen atoms in total. The third-order valence-electron chi connectivity index (χ3n) is 6.67. The summed E-state index contributed by atoms with van der Waals surface area (Å²) in [6.45, 7) is 8.64. The lowest BCUT2D eigenvalue weighted by atomic mass is 9.96. The number of carbonyl (C=O) groups excluding carboxylic acids is 1. The molecule has 7 heteroatoms. The van der Waals surface area contributed by atoms with Crippen LogP contribution in [0.3, 0.4) is 0 Å². The summed E-state index contributed by atoms with van der Waals surface area (Å²) in [6.07, 6.45) is 5.05. The highest BCUT2D eigenvalue weighted by atomic mass is 32.1. The zero-order chi connectivity index (χ0) is 24.7. The first-order chi connectivity index (χ1) is 16.4. The van der Waals surface area contributed by atoms with Crippen LogP contribution < -0.4 is 5.32 Å². The minimum atomic E-state index is -0.838. The summed E-state index contributed by atoms with van der Waals surface area (Å²) in [4.78, 5) is 30.4. The Bertz CT molecular complexity index is 1090. The molecule has 2 heterocycles. The van der Waals surface area contributed by atoms with Gasteiger partial charge in [0.25, 0.3) is 5.91 Å². The number of rotatable bonds is 13. The predicted octanol–water partition coefficient (Wildman–Crippen LogP) is 6.45. The molecule has 2 N–H and O–H groups in total. The molecule has 2 atom stereocenters. The minimum absolute atomic E-state index is 0.0479. The molecule has 0 saturated carbocycles. The summed E-state index contributed by atoms with van der Waals surface area (Å²) in [5.74, 6) is 0.435. The van der Waals surface area contributed by atoms with Gasteiger partial charge in [-0.15, -0.1) is 11.3 Å². The van der Waals surface area contributed by atoms with Crippen LogP contribution in [0.25, 0.3) is 11.0 Å². The quantitative estimate of drug-likeness (QED) is 0.293. The molecule has 3 aromatic rings. The van der Waals surface area contributed by atoms with Crippen LogP contribution in [0, 0.1) is 5.92 Å². The molecule has 0 saturated heterocycles. The van der Waals surface area contributed by atoms with Gasteiger partial charge in [0.15, 0.2) is 0 Å². The Balaban J connectivity index is 1.89. The number of carbonyl (C=O) groups is 2. The van der Waals surface area contributed by atoms with Crippen LogP contribution in [0.4, 0.5) is 0 Å². The molecule has 0 bridgehead atoms. The number of aliphatic carboxylic acids is 1. The molecule has 1 aromatic carbocycles. The Hall–Kier alpha value is -2.67. The fourth-order valence-electron chi connectivity index (χ4n) is 4.51. The minimum Gasteiger partial charge on any atom is -0.481 e. The van der Waals surface area contributed by atoms with Crippen molar-refractivity contribution >= 4 is 34.2 Å². The molecular weight excluding hydrogens is 446 g/mol. The molecule has 2 aromatic heterocycles. The fraction of sp³-hybridized carbons (Fsp3) is 0.519. The smallest absolute Gasteiger partial charge is 0.303 e. The second-order valence-corrected chi connectivity index (χ2v) is 10.2. The van der Waals surface area contributed by atoms with Crippen molar-refractivity contribution < 1.29 is 14.7 Å². The molecule has 0 spiro atoms. The van der Waals surface area contributed by atoms with Crippen molar-refractivity contribution in [2.45, 2.75) is 84.7 Å². The lowest BCUT2D eigenvalue weighted by molar-refractivity contribution is -0.137. The van der Waals surface area contributed by atoms with Crippen molar-refractivity contribution in [2.24, 2.45) is 5.92 Å². The van der Waals surface area contributed by atoms with Gasteiger partial charge in [-0.3, -0.25) is 9.59 Å². The van der Waals surface area contributed by atoms with Gasteiger partial charge in [-0.05, 0) is 61.2 Å². The Labute approximate surface area is 206 Å². The van der Waals surface area contributed by atoms with Gasteiger partial charge >= 0.3 is 5.97 Å². The number of hydrogen-bond donors (Lipinski definition) is 2. The van der Waals surface area contributed by atoms with E-state index in [-0.39, 0.29) is 18.4 Å². The number of aromatic nitrogens is 2. The van der Waals surface area contributed by atoms with Gasteiger partial charge in [-0.25, -0.2) is 4.98 Å². The molecule has 34 heavy (non-hydrogen) atoms. The summed E-state index contributed by atoms with van der Waals surface area (Å²) in [5.41, 5.74) is 2.45. The molecule has 184 valence electrons. The number of fused-ring (bicyclic) bond motifs is 1. The Kier molecular flexibility index (Phi) is 9.28. The highest BCUT2D eigenvalue weighted by Crippen LogP contribution is 2.28. The molecular formula is C27H37N3O3S. The van der Waals surface area contributed by atoms with E-state index in [1.807, 2.05) is 18.2 Å². The van der Waals surface area contributed by atoms with E-state index in [9.17, 15) is 9.59 Å². The summed E-state index contributed by atoms with van der Waals surface area (Å²) >= 11 is 1.73. The number of amides is 1. The number of imidazole rings is 1. The monoisotopic (exact) mass is 483 g/mol. The van der Waals surface area contributed by atoms with Crippen LogP contribution in [0.5, 0.6) is 0 Å². The van der Waals surface area contributed by atoms with E-state index in [2.05, 4.69) is 55.1 Å². The summed E-state index contributed by atoms with van der Waals surface area (Å²) < 4.78 is 2.34. The predicted molar refractivity (Wildman–Crippen MR) is 139 cm³/mol. The van der Waals surface area contributed by atoms with Gasteiger partial charge in [-0.2, -0.15) is 0 Å². The number of benzene rings is 1. The topological polar surface area (TPSA) is 84.2 Å². The Morgan fingerprint density at radius 3 is 2.53 bits per heavy atom. The van der Waals surface area contributed by atoms with Gasteiger partial charge in [0.1, 0.15) is 5.82 Å². The van der Waals surface area contributed by atoms with E-state index in [0.717, 1.165) is 49.0 Å². The lowest BCUT2D eigenvalue weighted by Crippen LogP contribution is -2.36. The molecule has 1 unspecified atom stereocenters. The first-order valence-electron chi connectivity index (χ1n) is 12.4. The first kappa shape index (κ1) is 25.9. The zero-order valence-electron chi connectivity index (χ0n) is 20.7. The normalized spacial score (nSPS) is 13.3. The maximum atomic E-state index is 13.1. The van der Waals surface area contributed by atoms with E-state index in [1.54, 1.807) is 11.3 Å². The van der Waals surface area contributed by atoms with Crippen LogP contribution in [-0.2, 0) is 11.2 Å². The zero-order valence-corrected chi connectivity index (χ0v) is 21.5. The molecule has 3 rings (SSSR count). The van der Waals surface area contributed by atoms with Gasteiger partial charge in [0.2, 0.25) is 0 Å². The van der Waals surface area contributed by atoms with Crippen LogP contribution in [0.15, 0.2) is 35.7 Å². The Morgan fingerprint density at radius 2 is 1.91 bits per heavy atom. The molecule has 0 radical (unpaired) electrons. The van der Waals surface area contributed by atoms with Crippen molar-refractivity contribution in [3.05, 3.63) is 52.0 Å². The maximum Gasteiger partial charge on any atom is 0.303 e. The van der Waals surface area contributed by atoms with Crippen molar-refractivity contribution in [3.63, 3.8) is 0 Å². The lowest BCUT2D eigenvalue weighted by Gasteiger charge is -2.21. The van der Waals surface area contributed by atoms with Gasteiger partial charge < -0.3 is 15.0 Å². The van der Waals surface area contributed by atoms with E-state index >= 15 is 0 Å². The third-order valence-corrected chi connectivity index (χ3v) is 7.55. The Morgan fingerprint density at radius 1 is 1.15 bits per heavy atom. The average Bonchev–Trinajstić information content (AvgIpc) is 3.46. The van der Waals surface area contributed by atoms with Crippen molar-refractivity contribution in [1.29, 1.82) is 0 Å². The summed E-state index contributed by atoms with van der Waals surface area (Å²) in [5, 5.41) is 14.3. The van der Waals surface area contributed by atoms with E-state index in [4.69, 9.17) is 10.1 Å². The van der Waals surface area contributed by atoms with E-state index < -0.39 is 5.97 Å². The second kappa shape index (κ2) is 12.2. The van der Waals surface area contributed by atoms with Crippen LogP contribution >= 0.6 is 11.3 Å². The van der Waals surface area contributed by atoms with Crippen LogP contribution in [-0.4, -0.2) is 32.6 Å². The molecule has 0 aliphatic rings. The molecule has 1 amide bonds. The number of thiophene rings is 1. The number of nitrogens with zero attached hydrogens (tertiary/aromatic N) is 2. The number of carboxylic acids is 1. The van der Waals surface area contributed by atoms with Gasteiger partial charge in [-0.1, -0.05) is 40.2 Å². The summed E-state index contributed by atoms with van der Waals surface area (Å²) in [6, 6.07) is 10.1. The van der Waals surface area contributed by atoms with Crippen LogP contribution in [0.1, 0.15) is 93.3 Å². The largest absolute Gasteiger partial charge is 0.481 e. The number of hydrogen-bond acceptors (Lipinski definition) is 4. The van der Waals surface area contributed by atoms with Crippen LogP contribution in [0.2, 0.25) is 0 Å². The van der Waals surface area contributed by atoms with E-state index in [0.29, 0.717) is 23.9 Å². The average molecular weight is 484 g/mol. The second-order valence-electron chi connectivity index (χ2n) is 9.18. The van der Waals surface area contributed by atoms with Crippen molar-refractivity contribution in [2.75, 3.05) is 0 Å². The summed E-state index contributed by atoms with van der Waals surface area (Å²) in [7, 11) is 0. The third kappa shape index (κ3) is 6.47. The van der Waals surface area contributed by atoms with Crippen molar-refractivity contribution in [1.82, 2.24) is 14.9 Å². The standard InChI is InChI=1S/C27H37N3O3S/c1-5-18(4)15-20(11-13-26(31)32)28-27(33)19-10-12-24-23(16-19)29-25(17-22-9-8-14-34-22)30(24)21(6-2)7-3/h8-10,12,14,16,18,20-21H,5-7,11,13,15,17H2,1-4H3,(H,28,33)(H,31,32)/t18?,20-/m1/s1. The highest BCUT2D eigenvalue weighted by molar-refractivity contribution is 7.09. The first-order valence-corrected chi connectivity index (χ1v) is 13.3. The van der Waals surface area contributed by atoms with Gasteiger partial charge in [0.05, 0.1) is 11.0 Å². The number of nitrogens with one attached hydrogen (secondary N) is 1. The molecule has 0 fully saturated rings. The highest BCUT2D eigenvalue weighted by Gasteiger charge is 2.21. The van der Waals surface area contributed by atoms with Crippen molar-refractivity contribution in [3.8, 4) is 0 Å². The molecule has 0 aliphatic carbocycles.